The minimum absolute atomic E-state index is 0.0549. The Morgan fingerprint density at radius 1 is 1.11 bits per heavy atom. The number of nitrogens with one attached hydrogen (secondary N) is 1. The van der Waals surface area contributed by atoms with Crippen LogP contribution in [0.4, 0.5) is 13.2 Å². The van der Waals surface area contributed by atoms with Gasteiger partial charge in [-0.15, -0.1) is 10.2 Å². The Hall–Kier alpha value is -3.35. The van der Waals surface area contributed by atoms with Crippen molar-refractivity contribution in [3.05, 3.63) is 35.4 Å². The molecule has 0 bridgehead atoms. The van der Waals surface area contributed by atoms with E-state index < -0.39 is 12.1 Å². The fraction of sp³-hybridized carbons (Fsp3) is 0.600. The van der Waals surface area contributed by atoms with Crippen LogP contribution in [-0.4, -0.2) is 68.7 Å². The number of aromatic nitrogens is 3. The number of aryl methyl sites for hydroxylation is 1. The van der Waals surface area contributed by atoms with Gasteiger partial charge in [0.05, 0.1) is 0 Å². The summed E-state index contributed by atoms with van der Waals surface area (Å²) < 4.78 is 44.8. The molecule has 2 aromatic rings. The van der Waals surface area contributed by atoms with Crippen LogP contribution < -0.4 is 14.8 Å². The largest absolute Gasteiger partial charge is 0.490 e. The Morgan fingerprint density at radius 3 is 2.47 bits per heavy atom. The maximum absolute atomic E-state index is 12.7. The molecular formula is C25H30F3N5O5. The van der Waals surface area contributed by atoms with Gasteiger partial charge in [-0.1, -0.05) is 6.07 Å². The monoisotopic (exact) mass is 537 g/mol. The van der Waals surface area contributed by atoms with Gasteiger partial charge in [0.25, 0.3) is 5.91 Å². The number of alkyl halides is 3. The quantitative estimate of drug-likeness (QED) is 0.611. The fourth-order valence-electron chi connectivity index (χ4n) is 5.34. The number of halogens is 3. The summed E-state index contributed by atoms with van der Waals surface area (Å²) in [6.45, 7) is 4.24. The first kappa shape index (κ1) is 26.3. The zero-order valence-electron chi connectivity index (χ0n) is 20.8. The first-order chi connectivity index (χ1) is 18.1. The highest BCUT2D eigenvalue weighted by atomic mass is 19.4. The predicted octanol–water partition coefficient (Wildman–Crippen LogP) is 3.15. The molecule has 0 radical (unpaired) electrons. The second kappa shape index (κ2) is 10.4. The Bertz CT molecular complexity index is 1190. The highest BCUT2D eigenvalue weighted by molar-refractivity contribution is 5.91. The summed E-state index contributed by atoms with van der Waals surface area (Å²) in [6.07, 6.45) is 2.59. The molecule has 1 aromatic heterocycles. The van der Waals surface area contributed by atoms with Gasteiger partial charge >= 0.3 is 12.1 Å². The topological polar surface area (TPSA) is 119 Å². The van der Waals surface area contributed by atoms with Crippen LogP contribution in [0.1, 0.15) is 60.5 Å². The van der Waals surface area contributed by atoms with Gasteiger partial charge in [0, 0.05) is 25.6 Å². The van der Waals surface area contributed by atoms with Crippen LogP contribution >= 0.6 is 0 Å². The number of rotatable bonds is 4. The Labute approximate surface area is 217 Å². The van der Waals surface area contributed by atoms with E-state index in [1.165, 1.54) is 12.0 Å². The molecule has 1 saturated heterocycles. The van der Waals surface area contributed by atoms with Crippen LogP contribution in [0.15, 0.2) is 18.2 Å². The second-order valence-corrected chi connectivity index (χ2v) is 10.4. The molecule has 13 heteroatoms. The van der Waals surface area contributed by atoms with E-state index in [0.29, 0.717) is 18.7 Å². The van der Waals surface area contributed by atoms with Crippen LogP contribution in [0.2, 0.25) is 0 Å². The Kier molecular flexibility index (Phi) is 7.21. The predicted molar refractivity (Wildman–Crippen MR) is 127 cm³/mol. The lowest BCUT2D eigenvalue weighted by atomic mass is 9.73. The summed E-state index contributed by atoms with van der Waals surface area (Å²) in [7, 11) is 0. The van der Waals surface area contributed by atoms with Crippen molar-refractivity contribution < 1.29 is 37.3 Å². The highest BCUT2D eigenvalue weighted by Crippen LogP contribution is 2.41. The van der Waals surface area contributed by atoms with Gasteiger partial charge in [0.15, 0.2) is 11.5 Å². The number of ether oxygens (including phenoxy) is 2. The lowest BCUT2D eigenvalue weighted by Gasteiger charge is -2.44. The molecule has 3 aliphatic heterocycles. The van der Waals surface area contributed by atoms with Gasteiger partial charge in [-0.05, 0) is 74.7 Å². The van der Waals surface area contributed by atoms with Crippen molar-refractivity contribution in [2.24, 2.45) is 5.41 Å². The van der Waals surface area contributed by atoms with E-state index in [-0.39, 0.29) is 11.3 Å². The van der Waals surface area contributed by atoms with E-state index in [9.17, 15) is 18.0 Å². The van der Waals surface area contributed by atoms with E-state index >= 15 is 0 Å². The van der Waals surface area contributed by atoms with Crippen molar-refractivity contribution in [1.29, 1.82) is 0 Å². The zero-order chi connectivity index (χ0) is 26.9. The summed E-state index contributed by atoms with van der Waals surface area (Å²) in [5.41, 5.74) is 1.51. The fourth-order valence-corrected chi connectivity index (χ4v) is 5.34. The van der Waals surface area contributed by atoms with Crippen LogP contribution in [0.5, 0.6) is 11.5 Å². The van der Waals surface area contributed by atoms with Crippen molar-refractivity contribution in [2.75, 3.05) is 19.9 Å². The van der Waals surface area contributed by atoms with Crippen molar-refractivity contribution in [3.8, 4) is 11.5 Å². The van der Waals surface area contributed by atoms with E-state index in [0.717, 1.165) is 82.0 Å². The number of carboxylic acids is 1. The van der Waals surface area contributed by atoms with E-state index in [1.807, 2.05) is 6.07 Å². The van der Waals surface area contributed by atoms with Crippen molar-refractivity contribution >= 4 is 11.9 Å². The molecule has 0 unspecified atom stereocenters. The van der Waals surface area contributed by atoms with E-state index in [2.05, 4.69) is 37.1 Å². The van der Waals surface area contributed by atoms with Crippen LogP contribution in [0.3, 0.4) is 0 Å². The number of nitrogens with zero attached hydrogens (tertiary/aromatic N) is 4. The average molecular weight is 538 g/mol. The first-order valence-electron chi connectivity index (χ1n) is 12.8. The van der Waals surface area contributed by atoms with Gasteiger partial charge in [-0.2, -0.15) is 13.2 Å². The number of piperidine rings is 1. The Morgan fingerprint density at radius 2 is 1.82 bits per heavy atom. The highest BCUT2D eigenvalue weighted by Gasteiger charge is 2.40. The van der Waals surface area contributed by atoms with Crippen molar-refractivity contribution in [2.45, 2.75) is 70.3 Å². The number of hydrogen-bond donors (Lipinski definition) is 2. The number of fused-ring (bicyclic) bond motifs is 2. The summed E-state index contributed by atoms with van der Waals surface area (Å²) in [6, 6.07) is 6.56. The lowest BCUT2D eigenvalue weighted by molar-refractivity contribution is -0.192. The number of benzene rings is 1. The Balaban J connectivity index is 0.000000374. The van der Waals surface area contributed by atoms with Gasteiger partial charge < -0.3 is 24.5 Å². The molecule has 0 atom stereocenters. The molecule has 2 fully saturated rings. The van der Waals surface area contributed by atoms with Crippen LogP contribution in [0.25, 0.3) is 0 Å². The molecule has 10 nitrogen and oxygen atoms in total. The minimum atomic E-state index is -5.08. The molecule has 1 aliphatic carbocycles. The molecule has 1 spiro atoms. The summed E-state index contributed by atoms with van der Waals surface area (Å²) in [5.74, 6) is 0.348. The maximum Gasteiger partial charge on any atom is 0.490 e. The summed E-state index contributed by atoms with van der Waals surface area (Å²) in [5, 5.41) is 18.8. The zero-order valence-corrected chi connectivity index (χ0v) is 20.8. The molecule has 1 aromatic carbocycles. The summed E-state index contributed by atoms with van der Waals surface area (Å²) in [4.78, 5) is 24.1. The molecule has 4 heterocycles. The SMILES string of the molecule is O=C(NC1CCC1)c1nnc2n1CC1(CC2)CCN(Cc2ccc3c(c2)OCO3)CC1.O=C(O)C(F)(F)F. The van der Waals surface area contributed by atoms with Gasteiger partial charge in [0.1, 0.15) is 5.82 Å². The lowest BCUT2D eigenvalue weighted by Crippen LogP contribution is -2.45. The molecule has 2 N–H and O–H groups in total. The van der Waals surface area contributed by atoms with E-state index in [4.69, 9.17) is 19.4 Å². The van der Waals surface area contributed by atoms with Gasteiger partial charge in [-0.3, -0.25) is 9.69 Å². The number of hydrogen-bond acceptors (Lipinski definition) is 7. The first-order valence-corrected chi connectivity index (χ1v) is 12.8. The third-order valence-corrected chi connectivity index (χ3v) is 7.85. The van der Waals surface area contributed by atoms with Gasteiger partial charge in [0.2, 0.25) is 12.6 Å². The third kappa shape index (κ3) is 5.71. The molecule has 4 aliphatic rings. The molecule has 1 saturated carbocycles. The average Bonchev–Trinajstić information content (AvgIpc) is 3.49. The second-order valence-electron chi connectivity index (χ2n) is 10.4. The van der Waals surface area contributed by atoms with Crippen molar-refractivity contribution in [1.82, 2.24) is 25.0 Å². The normalized spacial score (nSPS) is 20.2. The number of carbonyl (C=O) groups is 2. The molecule has 206 valence electrons. The van der Waals surface area contributed by atoms with Crippen LogP contribution in [-0.2, 0) is 24.3 Å². The molecular weight excluding hydrogens is 507 g/mol. The smallest absolute Gasteiger partial charge is 0.475 e. The van der Waals surface area contributed by atoms with E-state index in [1.54, 1.807) is 0 Å². The van der Waals surface area contributed by atoms with Crippen LogP contribution in [0, 0.1) is 5.41 Å². The number of amides is 1. The minimum Gasteiger partial charge on any atom is -0.475 e. The number of carbonyl (C=O) groups excluding carboxylic acids is 1. The number of carboxylic acid groups (broad SMARTS) is 1. The number of aliphatic carboxylic acids is 1. The molecule has 38 heavy (non-hydrogen) atoms. The maximum atomic E-state index is 12.7. The third-order valence-electron chi connectivity index (χ3n) is 7.85. The number of likely N-dealkylation sites (tertiary alicyclic amines) is 1. The van der Waals surface area contributed by atoms with Crippen molar-refractivity contribution in [3.63, 3.8) is 0 Å². The van der Waals surface area contributed by atoms with Gasteiger partial charge in [-0.25, -0.2) is 4.79 Å². The molecule has 1 amide bonds. The standard InChI is InChI=1S/C23H29N5O3.C2HF3O2/c29-22(24-17-2-1-3-17)21-26-25-20-6-7-23(14-28(20)21)8-10-27(11-9-23)13-16-4-5-18-19(12-16)31-15-30-18;3-2(4,5)1(6)7/h4-5,12,17H,1-3,6-11,13-15H2,(H,24,29);(H,6,7). The molecule has 6 rings (SSSR count). The summed E-state index contributed by atoms with van der Waals surface area (Å²) >= 11 is 0.